The van der Waals surface area contributed by atoms with Gasteiger partial charge in [-0.15, -0.1) is 5.92 Å². The summed E-state index contributed by atoms with van der Waals surface area (Å²) in [6.07, 6.45) is 0. The Bertz CT molecular complexity index is 345. The fourth-order valence-corrected chi connectivity index (χ4v) is 1.12. The van der Waals surface area contributed by atoms with Gasteiger partial charge in [-0.05, 0) is 19.1 Å². The minimum Gasteiger partial charge on any atom is -0.493 e. The lowest BCUT2D eigenvalue weighted by atomic mass is 10.2. The van der Waals surface area contributed by atoms with Crippen LogP contribution in [0, 0.1) is 11.8 Å². The van der Waals surface area contributed by atoms with Gasteiger partial charge in [-0.1, -0.05) is 12.0 Å². The molecule has 0 N–H and O–H groups in total. The highest BCUT2D eigenvalue weighted by Crippen LogP contribution is 2.29. The molecule has 0 fully saturated rings. The number of para-hydroxylation sites is 1. The smallest absolute Gasteiger partial charge is 0.176 e. The summed E-state index contributed by atoms with van der Waals surface area (Å²) in [6, 6.07) is 5.64. The highest BCUT2D eigenvalue weighted by Gasteiger charge is 2.06. The Hall–Kier alpha value is -1.62. The standard InChI is InChI=1S/C11H12O2/c1-4-6-9-7-5-8-10(12-2)11(9)13-3/h5,7-8H,1-3H3. The predicted molar refractivity (Wildman–Crippen MR) is 52.1 cm³/mol. The molecule has 0 radical (unpaired) electrons. The van der Waals surface area contributed by atoms with Gasteiger partial charge in [-0.25, -0.2) is 0 Å². The molecule has 0 aromatic heterocycles. The van der Waals surface area contributed by atoms with Crippen LogP contribution in [-0.4, -0.2) is 14.2 Å². The topological polar surface area (TPSA) is 18.5 Å². The lowest BCUT2D eigenvalue weighted by molar-refractivity contribution is 0.354. The molecular formula is C11H12O2. The SMILES string of the molecule is CC#Cc1cccc(OC)c1OC. The van der Waals surface area contributed by atoms with Crippen LogP contribution in [0.3, 0.4) is 0 Å². The Morgan fingerprint density at radius 2 is 1.92 bits per heavy atom. The van der Waals surface area contributed by atoms with Gasteiger partial charge >= 0.3 is 0 Å². The van der Waals surface area contributed by atoms with Gasteiger partial charge in [0, 0.05) is 0 Å². The maximum absolute atomic E-state index is 5.19. The number of rotatable bonds is 2. The van der Waals surface area contributed by atoms with E-state index in [4.69, 9.17) is 9.47 Å². The Kier molecular flexibility index (Phi) is 3.22. The van der Waals surface area contributed by atoms with Crippen molar-refractivity contribution in [3.05, 3.63) is 23.8 Å². The van der Waals surface area contributed by atoms with E-state index in [1.807, 2.05) is 18.2 Å². The summed E-state index contributed by atoms with van der Waals surface area (Å²) in [5.74, 6) is 7.18. The van der Waals surface area contributed by atoms with Crippen LogP contribution in [0.1, 0.15) is 12.5 Å². The molecule has 0 unspecified atom stereocenters. The van der Waals surface area contributed by atoms with Crippen molar-refractivity contribution < 1.29 is 9.47 Å². The quantitative estimate of drug-likeness (QED) is 0.642. The van der Waals surface area contributed by atoms with Gasteiger partial charge in [-0.3, -0.25) is 0 Å². The van der Waals surface area contributed by atoms with Crippen molar-refractivity contribution in [1.29, 1.82) is 0 Å². The predicted octanol–water partition coefficient (Wildman–Crippen LogP) is 2.08. The lowest BCUT2D eigenvalue weighted by Crippen LogP contribution is -1.92. The third-order valence-corrected chi connectivity index (χ3v) is 1.66. The van der Waals surface area contributed by atoms with Gasteiger partial charge in [0.25, 0.3) is 0 Å². The first-order valence-corrected chi connectivity index (χ1v) is 3.97. The summed E-state index contributed by atoms with van der Waals surface area (Å²) < 4.78 is 10.3. The van der Waals surface area contributed by atoms with E-state index in [1.165, 1.54) is 0 Å². The maximum Gasteiger partial charge on any atom is 0.176 e. The number of hydrogen-bond acceptors (Lipinski definition) is 2. The minimum absolute atomic E-state index is 0.694. The number of benzene rings is 1. The van der Waals surface area contributed by atoms with E-state index in [0.717, 1.165) is 5.56 Å². The fraction of sp³-hybridized carbons (Fsp3) is 0.273. The second kappa shape index (κ2) is 4.42. The van der Waals surface area contributed by atoms with Crippen molar-refractivity contribution in [2.24, 2.45) is 0 Å². The first kappa shape index (κ1) is 9.47. The molecule has 0 atom stereocenters. The second-order valence-electron chi connectivity index (χ2n) is 2.42. The van der Waals surface area contributed by atoms with E-state index >= 15 is 0 Å². The van der Waals surface area contributed by atoms with Crippen LogP contribution in [0.2, 0.25) is 0 Å². The molecule has 2 heteroatoms. The molecule has 0 heterocycles. The normalized spacial score (nSPS) is 8.54. The van der Waals surface area contributed by atoms with E-state index in [2.05, 4.69) is 11.8 Å². The molecule has 0 saturated heterocycles. The lowest BCUT2D eigenvalue weighted by Gasteiger charge is -2.08. The highest BCUT2D eigenvalue weighted by molar-refractivity contribution is 5.54. The number of ether oxygens (including phenoxy) is 2. The number of hydrogen-bond donors (Lipinski definition) is 0. The van der Waals surface area contributed by atoms with Crippen LogP contribution in [0.5, 0.6) is 11.5 Å². The Labute approximate surface area is 78.5 Å². The Balaban J connectivity index is 3.24. The van der Waals surface area contributed by atoms with Gasteiger partial charge in [0.15, 0.2) is 11.5 Å². The fourth-order valence-electron chi connectivity index (χ4n) is 1.12. The summed E-state index contributed by atoms with van der Waals surface area (Å²) >= 11 is 0. The molecule has 2 nitrogen and oxygen atoms in total. The van der Waals surface area contributed by atoms with Crippen molar-refractivity contribution in [2.75, 3.05) is 14.2 Å². The van der Waals surface area contributed by atoms with Crippen LogP contribution in [0.25, 0.3) is 0 Å². The molecule has 1 aromatic rings. The van der Waals surface area contributed by atoms with Crippen molar-refractivity contribution in [1.82, 2.24) is 0 Å². The maximum atomic E-state index is 5.19. The molecular weight excluding hydrogens is 164 g/mol. The van der Waals surface area contributed by atoms with Crippen molar-refractivity contribution >= 4 is 0 Å². The largest absolute Gasteiger partial charge is 0.493 e. The van der Waals surface area contributed by atoms with Crippen molar-refractivity contribution in [3.8, 4) is 23.3 Å². The van der Waals surface area contributed by atoms with E-state index in [-0.39, 0.29) is 0 Å². The zero-order valence-corrected chi connectivity index (χ0v) is 8.05. The summed E-state index contributed by atoms with van der Waals surface area (Å²) in [5, 5.41) is 0. The van der Waals surface area contributed by atoms with Crippen LogP contribution in [0.15, 0.2) is 18.2 Å². The number of methoxy groups -OCH3 is 2. The van der Waals surface area contributed by atoms with E-state index < -0.39 is 0 Å². The third kappa shape index (κ3) is 1.94. The van der Waals surface area contributed by atoms with Gasteiger partial charge < -0.3 is 9.47 Å². The monoisotopic (exact) mass is 176 g/mol. The van der Waals surface area contributed by atoms with E-state index in [9.17, 15) is 0 Å². The van der Waals surface area contributed by atoms with Gasteiger partial charge in [-0.2, -0.15) is 0 Å². The van der Waals surface area contributed by atoms with Crippen molar-refractivity contribution in [2.45, 2.75) is 6.92 Å². The second-order valence-corrected chi connectivity index (χ2v) is 2.42. The highest BCUT2D eigenvalue weighted by atomic mass is 16.5. The molecule has 0 bridgehead atoms. The first-order chi connectivity index (χ1) is 6.33. The molecule has 0 aliphatic heterocycles. The Morgan fingerprint density at radius 3 is 2.46 bits per heavy atom. The van der Waals surface area contributed by atoms with E-state index in [1.54, 1.807) is 21.1 Å². The molecule has 0 aliphatic carbocycles. The average Bonchev–Trinajstić information content (AvgIpc) is 2.18. The van der Waals surface area contributed by atoms with Gasteiger partial charge in [0.2, 0.25) is 0 Å². The summed E-state index contributed by atoms with van der Waals surface area (Å²) in [4.78, 5) is 0. The Morgan fingerprint density at radius 1 is 1.15 bits per heavy atom. The summed E-state index contributed by atoms with van der Waals surface area (Å²) in [7, 11) is 3.22. The van der Waals surface area contributed by atoms with Crippen LogP contribution in [-0.2, 0) is 0 Å². The van der Waals surface area contributed by atoms with E-state index in [0.29, 0.717) is 11.5 Å². The molecule has 1 aromatic carbocycles. The minimum atomic E-state index is 0.694. The molecule has 0 saturated carbocycles. The zero-order valence-electron chi connectivity index (χ0n) is 8.05. The summed E-state index contributed by atoms with van der Waals surface area (Å²) in [5.41, 5.74) is 0.851. The summed E-state index contributed by atoms with van der Waals surface area (Å²) in [6.45, 7) is 1.79. The van der Waals surface area contributed by atoms with Crippen LogP contribution in [0.4, 0.5) is 0 Å². The average molecular weight is 176 g/mol. The van der Waals surface area contributed by atoms with Gasteiger partial charge in [0.1, 0.15) is 0 Å². The van der Waals surface area contributed by atoms with Crippen LogP contribution < -0.4 is 9.47 Å². The van der Waals surface area contributed by atoms with Gasteiger partial charge in [0.05, 0.1) is 19.8 Å². The third-order valence-electron chi connectivity index (χ3n) is 1.66. The molecule has 1 rings (SSSR count). The molecule has 0 amide bonds. The molecule has 13 heavy (non-hydrogen) atoms. The zero-order chi connectivity index (χ0) is 9.68. The van der Waals surface area contributed by atoms with Crippen molar-refractivity contribution in [3.63, 3.8) is 0 Å². The molecule has 68 valence electrons. The first-order valence-electron chi connectivity index (χ1n) is 3.97. The van der Waals surface area contributed by atoms with Crippen LogP contribution >= 0.6 is 0 Å². The molecule has 0 aliphatic rings. The molecule has 0 spiro atoms.